The number of aromatic nitrogens is 1. The summed E-state index contributed by atoms with van der Waals surface area (Å²) in [6.07, 6.45) is 2.31. The first-order valence-corrected chi connectivity index (χ1v) is 7.63. The van der Waals surface area contributed by atoms with E-state index in [1.807, 2.05) is 42.1 Å². The zero-order valence-electron chi connectivity index (χ0n) is 13.6. The van der Waals surface area contributed by atoms with E-state index in [9.17, 15) is 9.59 Å². The molecule has 1 heterocycles. The van der Waals surface area contributed by atoms with Gasteiger partial charge in [0.2, 0.25) is 5.91 Å². The van der Waals surface area contributed by atoms with Gasteiger partial charge in [0.1, 0.15) is 6.04 Å². The maximum atomic E-state index is 12.2. The van der Waals surface area contributed by atoms with Gasteiger partial charge in [-0.15, -0.1) is 0 Å². The lowest BCUT2D eigenvalue weighted by Crippen LogP contribution is -2.51. The van der Waals surface area contributed by atoms with Crippen LogP contribution in [-0.4, -0.2) is 33.6 Å². The Hall–Kier alpha value is -2.34. The Kier molecular flexibility index (Phi) is 5.05. The molecule has 2 aromatic rings. The van der Waals surface area contributed by atoms with E-state index in [-0.39, 0.29) is 5.92 Å². The highest BCUT2D eigenvalue weighted by molar-refractivity contribution is 5.89. The number of nitrogens with two attached hydrogens (primary N) is 1. The van der Waals surface area contributed by atoms with Crippen LogP contribution < -0.4 is 11.1 Å². The second-order valence-corrected chi connectivity index (χ2v) is 6.16. The predicted octanol–water partition coefficient (Wildman–Crippen LogP) is 1.27. The molecule has 124 valence electrons. The van der Waals surface area contributed by atoms with Crippen LogP contribution >= 0.6 is 0 Å². The zero-order chi connectivity index (χ0) is 17.1. The third-order valence-electron chi connectivity index (χ3n) is 3.99. The maximum Gasteiger partial charge on any atom is 0.326 e. The fourth-order valence-corrected chi connectivity index (χ4v) is 2.69. The summed E-state index contributed by atoms with van der Waals surface area (Å²) < 4.78 is 1.99. The van der Waals surface area contributed by atoms with E-state index in [0.29, 0.717) is 6.42 Å². The number of amides is 1. The summed E-state index contributed by atoms with van der Waals surface area (Å²) in [7, 11) is 1.94. The van der Waals surface area contributed by atoms with Gasteiger partial charge in [-0.1, -0.05) is 32.0 Å². The second kappa shape index (κ2) is 6.83. The molecule has 4 N–H and O–H groups in total. The second-order valence-electron chi connectivity index (χ2n) is 6.16. The molecule has 6 nitrogen and oxygen atoms in total. The standard InChI is InChI=1S/C17H23N3O3/c1-10(2)15(17(22)23)19-16(21)13(18)8-11-9-20(3)14-7-5-4-6-12(11)14/h4-7,9-10,13,15H,8,18H2,1-3H3,(H,19,21)(H,22,23). The summed E-state index contributed by atoms with van der Waals surface area (Å²) in [5.74, 6) is -1.70. The lowest BCUT2D eigenvalue weighted by molar-refractivity contribution is -0.143. The van der Waals surface area contributed by atoms with Gasteiger partial charge >= 0.3 is 5.97 Å². The number of nitrogens with zero attached hydrogens (tertiary/aromatic N) is 1. The molecule has 1 amide bonds. The van der Waals surface area contributed by atoms with Crippen molar-refractivity contribution in [3.8, 4) is 0 Å². The molecule has 0 aliphatic rings. The van der Waals surface area contributed by atoms with Gasteiger partial charge in [0.25, 0.3) is 0 Å². The highest BCUT2D eigenvalue weighted by Gasteiger charge is 2.26. The van der Waals surface area contributed by atoms with Crippen LogP contribution in [0.4, 0.5) is 0 Å². The number of aryl methyl sites for hydroxylation is 1. The minimum absolute atomic E-state index is 0.207. The number of carbonyl (C=O) groups is 2. The summed E-state index contributed by atoms with van der Waals surface area (Å²) in [5.41, 5.74) is 8.03. The lowest BCUT2D eigenvalue weighted by atomic mass is 10.0. The van der Waals surface area contributed by atoms with Crippen molar-refractivity contribution in [2.75, 3.05) is 0 Å². The molecule has 23 heavy (non-hydrogen) atoms. The van der Waals surface area contributed by atoms with Crippen molar-refractivity contribution >= 4 is 22.8 Å². The van der Waals surface area contributed by atoms with Crippen LogP contribution in [0.1, 0.15) is 19.4 Å². The van der Waals surface area contributed by atoms with Gasteiger partial charge in [-0.2, -0.15) is 0 Å². The van der Waals surface area contributed by atoms with Gasteiger partial charge in [0.05, 0.1) is 6.04 Å². The van der Waals surface area contributed by atoms with Crippen LogP contribution in [0.15, 0.2) is 30.5 Å². The normalized spacial score (nSPS) is 14.0. The summed E-state index contributed by atoms with van der Waals surface area (Å²) in [5, 5.41) is 12.7. The smallest absolute Gasteiger partial charge is 0.326 e. The first-order chi connectivity index (χ1) is 10.8. The van der Waals surface area contributed by atoms with Gasteiger partial charge in [-0.3, -0.25) is 4.79 Å². The highest BCUT2D eigenvalue weighted by Crippen LogP contribution is 2.21. The number of hydrogen-bond acceptors (Lipinski definition) is 3. The lowest BCUT2D eigenvalue weighted by Gasteiger charge is -2.20. The number of para-hydroxylation sites is 1. The number of rotatable bonds is 6. The predicted molar refractivity (Wildman–Crippen MR) is 89.0 cm³/mol. The number of aliphatic carboxylic acids is 1. The molecule has 2 unspecified atom stereocenters. The Morgan fingerprint density at radius 2 is 1.96 bits per heavy atom. The van der Waals surface area contributed by atoms with E-state index < -0.39 is 24.0 Å². The average molecular weight is 317 g/mol. The molecule has 0 aliphatic carbocycles. The minimum Gasteiger partial charge on any atom is -0.480 e. The van der Waals surface area contributed by atoms with E-state index in [0.717, 1.165) is 16.5 Å². The molecule has 0 spiro atoms. The van der Waals surface area contributed by atoms with Crippen molar-refractivity contribution < 1.29 is 14.7 Å². The summed E-state index contributed by atoms with van der Waals surface area (Å²) in [6, 6.07) is 6.17. The molecule has 6 heteroatoms. The van der Waals surface area contributed by atoms with Crippen LogP contribution in [0.2, 0.25) is 0 Å². The van der Waals surface area contributed by atoms with Gasteiger partial charge < -0.3 is 20.7 Å². The monoisotopic (exact) mass is 317 g/mol. The minimum atomic E-state index is -1.05. The van der Waals surface area contributed by atoms with E-state index in [1.54, 1.807) is 13.8 Å². The van der Waals surface area contributed by atoms with Crippen molar-refractivity contribution in [2.45, 2.75) is 32.4 Å². The summed E-state index contributed by atoms with van der Waals surface area (Å²) in [4.78, 5) is 23.4. The third kappa shape index (κ3) is 3.71. The molecule has 2 atom stereocenters. The van der Waals surface area contributed by atoms with E-state index in [2.05, 4.69) is 5.32 Å². The van der Waals surface area contributed by atoms with Crippen LogP contribution in [0.25, 0.3) is 10.9 Å². The van der Waals surface area contributed by atoms with E-state index in [1.165, 1.54) is 0 Å². The maximum absolute atomic E-state index is 12.2. The van der Waals surface area contributed by atoms with Gasteiger partial charge in [-0.05, 0) is 24.0 Å². The van der Waals surface area contributed by atoms with Crippen LogP contribution in [0, 0.1) is 5.92 Å². The third-order valence-corrected chi connectivity index (χ3v) is 3.99. The molecule has 1 aromatic carbocycles. The number of nitrogens with one attached hydrogen (secondary N) is 1. The Morgan fingerprint density at radius 1 is 1.30 bits per heavy atom. The molecule has 0 radical (unpaired) electrons. The van der Waals surface area contributed by atoms with Crippen molar-refractivity contribution in [1.82, 2.24) is 9.88 Å². The fourth-order valence-electron chi connectivity index (χ4n) is 2.69. The fraction of sp³-hybridized carbons (Fsp3) is 0.412. The SMILES string of the molecule is CC(C)C(NC(=O)C(N)Cc1cn(C)c2ccccc12)C(=O)O. The molecule has 0 saturated carbocycles. The summed E-state index contributed by atoms with van der Waals surface area (Å²) >= 11 is 0. The number of carboxylic acid groups (broad SMARTS) is 1. The average Bonchev–Trinajstić information content (AvgIpc) is 2.80. The number of carboxylic acids is 1. The van der Waals surface area contributed by atoms with Crippen molar-refractivity contribution in [1.29, 1.82) is 0 Å². The Labute approximate surface area is 135 Å². The molecule has 1 aromatic heterocycles. The van der Waals surface area contributed by atoms with Crippen LogP contribution in [-0.2, 0) is 23.1 Å². The number of fused-ring (bicyclic) bond motifs is 1. The molecule has 2 rings (SSSR count). The largest absolute Gasteiger partial charge is 0.480 e. The van der Waals surface area contributed by atoms with Crippen molar-refractivity contribution in [3.05, 3.63) is 36.0 Å². The van der Waals surface area contributed by atoms with Crippen LogP contribution in [0.3, 0.4) is 0 Å². The van der Waals surface area contributed by atoms with E-state index >= 15 is 0 Å². The first-order valence-electron chi connectivity index (χ1n) is 7.63. The number of carbonyl (C=O) groups excluding carboxylic acids is 1. The highest BCUT2D eigenvalue weighted by atomic mass is 16.4. The van der Waals surface area contributed by atoms with Crippen LogP contribution in [0.5, 0.6) is 0 Å². The number of benzene rings is 1. The quantitative estimate of drug-likeness (QED) is 0.747. The first kappa shape index (κ1) is 17.0. The molecule has 0 bridgehead atoms. The van der Waals surface area contributed by atoms with Crippen molar-refractivity contribution in [2.24, 2.45) is 18.7 Å². The molecule has 0 aliphatic heterocycles. The molecule has 0 fully saturated rings. The Morgan fingerprint density at radius 3 is 2.57 bits per heavy atom. The zero-order valence-corrected chi connectivity index (χ0v) is 13.6. The molecular weight excluding hydrogens is 294 g/mol. The van der Waals surface area contributed by atoms with Gasteiger partial charge in [0, 0.05) is 24.1 Å². The Bertz CT molecular complexity index is 721. The van der Waals surface area contributed by atoms with Crippen molar-refractivity contribution in [3.63, 3.8) is 0 Å². The van der Waals surface area contributed by atoms with E-state index in [4.69, 9.17) is 10.8 Å². The molecule has 0 saturated heterocycles. The number of hydrogen-bond donors (Lipinski definition) is 3. The summed E-state index contributed by atoms with van der Waals surface area (Å²) in [6.45, 7) is 3.49. The topological polar surface area (TPSA) is 97.4 Å². The molecular formula is C17H23N3O3. The van der Waals surface area contributed by atoms with Gasteiger partial charge in [-0.25, -0.2) is 4.79 Å². The van der Waals surface area contributed by atoms with Gasteiger partial charge in [0.15, 0.2) is 0 Å². The Balaban J connectivity index is 2.13.